The van der Waals surface area contributed by atoms with Crippen LogP contribution in [-0.4, -0.2) is 20.3 Å². The van der Waals surface area contributed by atoms with Gasteiger partial charge in [-0.05, 0) is 49.9 Å². The Morgan fingerprint density at radius 2 is 2.17 bits per heavy atom. The van der Waals surface area contributed by atoms with E-state index in [2.05, 4.69) is 53.3 Å². The molecule has 0 heterocycles. The molecule has 0 spiro atoms. The van der Waals surface area contributed by atoms with Gasteiger partial charge < -0.3 is 10.1 Å². The molecule has 0 radical (unpaired) electrons. The highest BCUT2D eigenvalue weighted by atomic mass is 79.9. The van der Waals surface area contributed by atoms with Crippen LogP contribution in [0.25, 0.3) is 0 Å². The topological polar surface area (TPSA) is 21.3 Å². The van der Waals surface area contributed by atoms with Crippen molar-refractivity contribution < 1.29 is 4.74 Å². The second-order valence-electron chi connectivity index (χ2n) is 4.65. The summed E-state index contributed by atoms with van der Waals surface area (Å²) in [5.74, 6) is 0. The quantitative estimate of drug-likeness (QED) is 0.725. The lowest BCUT2D eigenvalue weighted by Crippen LogP contribution is -2.22. The van der Waals surface area contributed by atoms with Crippen molar-refractivity contribution in [3.8, 4) is 0 Å². The van der Waals surface area contributed by atoms with E-state index in [1.54, 1.807) is 7.11 Å². The predicted molar refractivity (Wildman–Crippen MR) is 81.0 cm³/mol. The lowest BCUT2D eigenvalue weighted by molar-refractivity contribution is 0.188. The van der Waals surface area contributed by atoms with Crippen LogP contribution in [-0.2, 0) is 4.74 Å². The fourth-order valence-corrected chi connectivity index (χ4v) is 2.27. The molecule has 2 nitrogen and oxygen atoms in total. The number of benzene rings is 1. The Kier molecular flexibility index (Phi) is 7.56. The second kappa shape index (κ2) is 8.68. The van der Waals surface area contributed by atoms with Crippen molar-refractivity contribution in [2.45, 2.75) is 39.2 Å². The standard InChI is InChI=1S/C15H24BrNO/c1-4-9-17-15(6-5-10-18-3)13-7-8-14(16)12(2)11-13/h7-8,11,15,17H,4-6,9-10H2,1-3H3. The van der Waals surface area contributed by atoms with E-state index in [-0.39, 0.29) is 0 Å². The number of hydrogen-bond acceptors (Lipinski definition) is 2. The summed E-state index contributed by atoms with van der Waals surface area (Å²) < 4.78 is 6.32. The molecule has 0 aliphatic heterocycles. The molecule has 1 unspecified atom stereocenters. The number of hydrogen-bond donors (Lipinski definition) is 1. The Bertz CT molecular complexity index is 354. The average Bonchev–Trinajstić information content (AvgIpc) is 2.37. The van der Waals surface area contributed by atoms with E-state index in [1.165, 1.54) is 15.6 Å². The molecule has 3 heteroatoms. The van der Waals surface area contributed by atoms with Gasteiger partial charge in [0.05, 0.1) is 0 Å². The van der Waals surface area contributed by atoms with Gasteiger partial charge in [0.1, 0.15) is 0 Å². The van der Waals surface area contributed by atoms with Crippen LogP contribution in [0.2, 0.25) is 0 Å². The molecule has 1 aromatic rings. The zero-order valence-corrected chi connectivity index (χ0v) is 13.2. The lowest BCUT2D eigenvalue weighted by Gasteiger charge is -2.19. The van der Waals surface area contributed by atoms with Gasteiger partial charge in [0.15, 0.2) is 0 Å². The summed E-state index contributed by atoms with van der Waals surface area (Å²) in [6.07, 6.45) is 3.37. The molecule has 0 bridgehead atoms. The van der Waals surface area contributed by atoms with Gasteiger partial charge in [-0.25, -0.2) is 0 Å². The molecule has 18 heavy (non-hydrogen) atoms. The van der Waals surface area contributed by atoms with E-state index in [0.29, 0.717) is 6.04 Å². The third kappa shape index (κ3) is 5.09. The number of rotatable bonds is 8. The highest BCUT2D eigenvalue weighted by molar-refractivity contribution is 9.10. The van der Waals surface area contributed by atoms with Crippen LogP contribution in [0, 0.1) is 6.92 Å². The number of halogens is 1. The highest BCUT2D eigenvalue weighted by Gasteiger charge is 2.11. The predicted octanol–water partition coefficient (Wildman–Crippen LogP) is 4.22. The van der Waals surface area contributed by atoms with Crippen molar-refractivity contribution in [1.82, 2.24) is 5.32 Å². The van der Waals surface area contributed by atoms with E-state index < -0.39 is 0 Å². The molecule has 1 aromatic carbocycles. The number of ether oxygens (including phenoxy) is 1. The number of aryl methyl sites for hydroxylation is 1. The van der Waals surface area contributed by atoms with E-state index in [4.69, 9.17) is 4.74 Å². The third-order valence-corrected chi connectivity index (χ3v) is 3.96. The zero-order chi connectivity index (χ0) is 13.4. The molecule has 0 aliphatic rings. The van der Waals surface area contributed by atoms with E-state index in [0.717, 1.165) is 32.4 Å². The Labute approximate surface area is 119 Å². The second-order valence-corrected chi connectivity index (χ2v) is 5.50. The first-order valence-electron chi connectivity index (χ1n) is 6.67. The summed E-state index contributed by atoms with van der Waals surface area (Å²) in [6.45, 7) is 6.23. The minimum absolute atomic E-state index is 0.437. The van der Waals surface area contributed by atoms with Crippen molar-refractivity contribution in [2.24, 2.45) is 0 Å². The smallest absolute Gasteiger partial charge is 0.0462 e. The van der Waals surface area contributed by atoms with Crippen molar-refractivity contribution >= 4 is 15.9 Å². The molecule has 0 aromatic heterocycles. The van der Waals surface area contributed by atoms with Gasteiger partial charge in [-0.3, -0.25) is 0 Å². The first kappa shape index (κ1) is 15.7. The van der Waals surface area contributed by atoms with E-state index >= 15 is 0 Å². The molecule has 0 aliphatic carbocycles. The van der Waals surface area contributed by atoms with Crippen LogP contribution >= 0.6 is 15.9 Å². The lowest BCUT2D eigenvalue weighted by atomic mass is 10.00. The SMILES string of the molecule is CCCNC(CCCOC)c1ccc(Br)c(C)c1. The Balaban J connectivity index is 2.70. The number of nitrogens with one attached hydrogen (secondary N) is 1. The molecule has 1 atom stereocenters. The monoisotopic (exact) mass is 313 g/mol. The van der Waals surface area contributed by atoms with Gasteiger partial charge in [-0.15, -0.1) is 0 Å². The Hall–Kier alpha value is -0.380. The first-order chi connectivity index (χ1) is 8.69. The van der Waals surface area contributed by atoms with Crippen molar-refractivity contribution in [3.63, 3.8) is 0 Å². The van der Waals surface area contributed by atoms with Gasteiger partial charge in [-0.1, -0.05) is 35.0 Å². The third-order valence-electron chi connectivity index (χ3n) is 3.07. The summed E-state index contributed by atoms with van der Waals surface area (Å²) in [7, 11) is 1.76. The van der Waals surface area contributed by atoms with Gasteiger partial charge in [-0.2, -0.15) is 0 Å². The van der Waals surface area contributed by atoms with Gasteiger partial charge >= 0.3 is 0 Å². The van der Waals surface area contributed by atoms with Crippen LogP contribution in [0.1, 0.15) is 43.4 Å². The van der Waals surface area contributed by atoms with Crippen molar-refractivity contribution in [2.75, 3.05) is 20.3 Å². The maximum atomic E-state index is 5.14. The fourth-order valence-electron chi connectivity index (χ4n) is 2.02. The molecule has 1 N–H and O–H groups in total. The first-order valence-corrected chi connectivity index (χ1v) is 7.46. The molecule has 1 rings (SSSR count). The summed E-state index contributed by atoms with van der Waals surface area (Å²) in [5, 5.41) is 3.62. The summed E-state index contributed by atoms with van der Waals surface area (Å²) in [6, 6.07) is 7.05. The minimum Gasteiger partial charge on any atom is -0.385 e. The fraction of sp³-hybridized carbons (Fsp3) is 0.600. The van der Waals surface area contributed by atoms with Crippen LogP contribution in [0.15, 0.2) is 22.7 Å². The average molecular weight is 314 g/mol. The summed E-state index contributed by atoms with van der Waals surface area (Å²) >= 11 is 3.55. The summed E-state index contributed by atoms with van der Waals surface area (Å²) in [4.78, 5) is 0. The van der Waals surface area contributed by atoms with Gasteiger partial charge in [0.25, 0.3) is 0 Å². The maximum Gasteiger partial charge on any atom is 0.0462 e. The normalized spacial score (nSPS) is 12.7. The van der Waals surface area contributed by atoms with Gasteiger partial charge in [0, 0.05) is 24.2 Å². The molecule has 0 saturated heterocycles. The van der Waals surface area contributed by atoms with Gasteiger partial charge in [0.2, 0.25) is 0 Å². The minimum atomic E-state index is 0.437. The molecule has 0 amide bonds. The molecule has 0 fully saturated rings. The molecule has 0 saturated carbocycles. The van der Waals surface area contributed by atoms with E-state index in [9.17, 15) is 0 Å². The van der Waals surface area contributed by atoms with Crippen LogP contribution in [0.4, 0.5) is 0 Å². The zero-order valence-electron chi connectivity index (χ0n) is 11.6. The van der Waals surface area contributed by atoms with Crippen molar-refractivity contribution in [1.29, 1.82) is 0 Å². The highest BCUT2D eigenvalue weighted by Crippen LogP contribution is 2.24. The number of methoxy groups -OCH3 is 1. The van der Waals surface area contributed by atoms with Crippen LogP contribution in [0.5, 0.6) is 0 Å². The van der Waals surface area contributed by atoms with Crippen LogP contribution < -0.4 is 5.32 Å². The van der Waals surface area contributed by atoms with Crippen molar-refractivity contribution in [3.05, 3.63) is 33.8 Å². The molecular weight excluding hydrogens is 290 g/mol. The largest absolute Gasteiger partial charge is 0.385 e. The van der Waals surface area contributed by atoms with Crippen LogP contribution in [0.3, 0.4) is 0 Å². The molecular formula is C15H24BrNO. The Morgan fingerprint density at radius 1 is 1.39 bits per heavy atom. The summed E-state index contributed by atoms with van der Waals surface area (Å²) in [5.41, 5.74) is 2.67. The van der Waals surface area contributed by atoms with E-state index in [1.807, 2.05) is 0 Å². The maximum absolute atomic E-state index is 5.14. The Morgan fingerprint density at radius 3 is 2.78 bits per heavy atom. The molecule has 102 valence electrons.